The van der Waals surface area contributed by atoms with Gasteiger partial charge in [-0.2, -0.15) is 5.10 Å². The van der Waals surface area contributed by atoms with Gasteiger partial charge in [-0.05, 0) is 61.3 Å². The summed E-state index contributed by atoms with van der Waals surface area (Å²) in [4.78, 5) is 0. The molecule has 2 aliphatic rings. The Morgan fingerprint density at radius 3 is 2.60 bits per heavy atom. The van der Waals surface area contributed by atoms with Gasteiger partial charge in [0.05, 0.1) is 6.54 Å². The summed E-state index contributed by atoms with van der Waals surface area (Å²) in [6.07, 6.45) is 9.51. The molecular formula is C17H21N3. The molecule has 0 bridgehead atoms. The summed E-state index contributed by atoms with van der Waals surface area (Å²) in [6, 6.07) is 11.5. The molecule has 104 valence electrons. The van der Waals surface area contributed by atoms with Crippen LogP contribution in [0.4, 0.5) is 5.69 Å². The van der Waals surface area contributed by atoms with Crippen LogP contribution in [0, 0.1) is 11.8 Å². The van der Waals surface area contributed by atoms with Crippen molar-refractivity contribution in [1.82, 2.24) is 9.78 Å². The van der Waals surface area contributed by atoms with Gasteiger partial charge in [0.15, 0.2) is 0 Å². The van der Waals surface area contributed by atoms with E-state index in [4.69, 9.17) is 0 Å². The Morgan fingerprint density at radius 1 is 1.15 bits per heavy atom. The summed E-state index contributed by atoms with van der Waals surface area (Å²) >= 11 is 0. The number of anilines is 1. The van der Waals surface area contributed by atoms with Crippen LogP contribution < -0.4 is 5.32 Å². The number of nitrogens with zero attached hydrogens (tertiary/aromatic N) is 2. The smallest absolute Gasteiger partial charge is 0.0660 e. The van der Waals surface area contributed by atoms with Crippen LogP contribution in [0.1, 0.15) is 31.2 Å². The highest BCUT2D eigenvalue weighted by molar-refractivity contribution is 5.47. The lowest BCUT2D eigenvalue weighted by Crippen LogP contribution is -2.24. The van der Waals surface area contributed by atoms with E-state index in [-0.39, 0.29) is 0 Å². The molecule has 3 nitrogen and oxygen atoms in total. The molecule has 0 atom stereocenters. The predicted octanol–water partition coefficient (Wildman–Crippen LogP) is 3.53. The second kappa shape index (κ2) is 4.97. The summed E-state index contributed by atoms with van der Waals surface area (Å²) in [7, 11) is 0. The SMILES string of the molecule is c1cc(Cn2cccn2)cc(NC(C2CC2)C2CC2)c1. The van der Waals surface area contributed by atoms with Gasteiger partial charge in [-0.15, -0.1) is 0 Å². The first-order chi connectivity index (χ1) is 9.88. The van der Waals surface area contributed by atoms with E-state index in [1.165, 1.54) is 36.9 Å². The fraction of sp³-hybridized carbons (Fsp3) is 0.471. The topological polar surface area (TPSA) is 29.9 Å². The molecule has 0 saturated heterocycles. The lowest BCUT2D eigenvalue weighted by atomic mass is 10.1. The Bertz CT molecular complexity index is 556. The van der Waals surface area contributed by atoms with Crippen LogP contribution in [0.3, 0.4) is 0 Å². The molecule has 2 aliphatic carbocycles. The first-order valence-electron chi connectivity index (χ1n) is 7.71. The number of aromatic nitrogens is 2. The zero-order valence-electron chi connectivity index (χ0n) is 11.7. The molecule has 4 rings (SSSR count). The Kier molecular flexibility index (Phi) is 2.98. The minimum absolute atomic E-state index is 0.718. The van der Waals surface area contributed by atoms with Crippen molar-refractivity contribution >= 4 is 5.69 Å². The summed E-state index contributed by atoms with van der Waals surface area (Å²) in [5.74, 6) is 1.86. The van der Waals surface area contributed by atoms with Crippen molar-refractivity contribution < 1.29 is 0 Å². The Morgan fingerprint density at radius 2 is 1.95 bits per heavy atom. The number of rotatable bonds is 6. The molecule has 1 aromatic carbocycles. The fourth-order valence-corrected chi connectivity index (χ4v) is 3.06. The van der Waals surface area contributed by atoms with Gasteiger partial charge in [-0.1, -0.05) is 12.1 Å². The number of hydrogen-bond donors (Lipinski definition) is 1. The number of nitrogens with one attached hydrogen (secondary N) is 1. The summed E-state index contributed by atoms with van der Waals surface area (Å²) in [5, 5.41) is 8.07. The standard InChI is InChI=1S/C17H21N3/c1-3-13(12-20-10-2-9-18-20)11-16(4-1)19-17(14-5-6-14)15-7-8-15/h1-4,9-11,14-15,17,19H,5-8,12H2. The van der Waals surface area contributed by atoms with Crippen LogP contribution in [-0.4, -0.2) is 15.8 Å². The van der Waals surface area contributed by atoms with Gasteiger partial charge in [0.2, 0.25) is 0 Å². The Hall–Kier alpha value is -1.77. The van der Waals surface area contributed by atoms with Gasteiger partial charge in [-0.25, -0.2) is 0 Å². The third-order valence-corrected chi connectivity index (χ3v) is 4.42. The van der Waals surface area contributed by atoms with Crippen LogP contribution >= 0.6 is 0 Å². The van der Waals surface area contributed by atoms with Crippen molar-refractivity contribution in [3.63, 3.8) is 0 Å². The third-order valence-electron chi connectivity index (χ3n) is 4.42. The number of hydrogen-bond acceptors (Lipinski definition) is 2. The van der Waals surface area contributed by atoms with Crippen molar-refractivity contribution in [3.8, 4) is 0 Å². The summed E-state index contributed by atoms with van der Waals surface area (Å²) in [5.41, 5.74) is 2.59. The maximum absolute atomic E-state index is 4.27. The highest BCUT2D eigenvalue weighted by Crippen LogP contribution is 2.45. The summed E-state index contributed by atoms with van der Waals surface area (Å²) in [6.45, 7) is 0.847. The zero-order chi connectivity index (χ0) is 13.4. The van der Waals surface area contributed by atoms with E-state index in [9.17, 15) is 0 Å². The quantitative estimate of drug-likeness (QED) is 0.867. The number of benzene rings is 1. The Labute approximate surface area is 120 Å². The van der Waals surface area contributed by atoms with Crippen LogP contribution in [0.25, 0.3) is 0 Å². The van der Waals surface area contributed by atoms with Gasteiger partial charge in [0, 0.05) is 24.1 Å². The molecule has 2 saturated carbocycles. The molecular weight excluding hydrogens is 246 g/mol. The first kappa shape index (κ1) is 12.0. The summed E-state index contributed by atoms with van der Waals surface area (Å²) < 4.78 is 1.97. The molecule has 0 spiro atoms. The first-order valence-corrected chi connectivity index (χ1v) is 7.71. The van der Waals surface area contributed by atoms with Crippen LogP contribution in [0.5, 0.6) is 0 Å². The minimum atomic E-state index is 0.718. The maximum atomic E-state index is 4.27. The molecule has 1 aromatic heterocycles. The van der Waals surface area contributed by atoms with Crippen molar-refractivity contribution in [2.75, 3.05) is 5.32 Å². The van der Waals surface area contributed by atoms with Gasteiger partial charge < -0.3 is 5.32 Å². The normalized spacial score (nSPS) is 18.4. The molecule has 0 aliphatic heterocycles. The molecule has 1 N–H and O–H groups in total. The Balaban J connectivity index is 1.47. The van der Waals surface area contributed by atoms with E-state index in [0.29, 0.717) is 0 Å². The molecule has 1 heterocycles. The van der Waals surface area contributed by atoms with Gasteiger partial charge in [0.1, 0.15) is 0 Å². The lowest BCUT2D eigenvalue weighted by Gasteiger charge is -2.19. The molecule has 3 heteroatoms. The van der Waals surface area contributed by atoms with Gasteiger partial charge in [-0.3, -0.25) is 4.68 Å². The molecule has 2 aromatic rings. The van der Waals surface area contributed by atoms with Crippen LogP contribution in [0.15, 0.2) is 42.7 Å². The van der Waals surface area contributed by atoms with E-state index in [2.05, 4.69) is 34.7 Å². The highest BCUT2D eigenvalue weighted by atomic mass is 15.3. The average Bonchev–Trinajstić information content (AvgIpc) is 3.38. The molecule has 0 unspecified atom stereocenters. The molecule has 0 amide bonds. The second-order valence-electron chi connectivity index (χ2n) is 6.25. The average molecular weight is 267 g/mol. The van der Waals surface area contributed by atoms with E-state index in [1.54, 1.807) is 0 Å². The van der Waals surface area contributed by atoms with E-state index in [0.717, 1.165) is 24.4 Å². The fourth-order valence-electron chi connectivity index (χ4n) is 3.06. The van der Waals surface area contributed by atoms with Crippen molar-refractivity contribution in [2.24, 2.45) is 11.8 Å². The monoisotopic (exact) mass is 267 g/mol. The second-order valence-corrected chi connectivity index (χ2v) is 6.25. The van der Waals surface area contributed by atoms with E-state index >= 15 is 0 Å². The van der Waals surface area contributed by atoms with Gasteiger partial charge in [0.25, 0.3) is 0 Å². The largest absolute Gasteiger partial charge is 0.382 e. The lowest BCUT2D eigenvalue weighted by molar-refractivity contribution is 0.567. The third kappa shape index (κ3) is 2.72. The molecule has 0 radical (unpaired) electrons. The van der Waals surface area contributed by atoms with Gasteiger partial charge >= 0.3 is 0 Å². The minimum Gasteiger partial charge on any atom is -0.382 e. The molecule has 2 fully saturated rings. The van der Waals surface area contributed by atoms with E-state index < -0.39 is 0 Å². The zero-order valence-corrected chi connectivity index (χ0v) is 11.7. The maximum Gasteiger partial charge on any atom is 0.0660 e. The molecule has 20 heavy (non-hydrogen) atoms. The van der Waals surface area contributed by atoms with Crippen molar-refractivity contribution in [1.29, 1.82) is 0 Å². The van der Waals surface area contributed by atoms with Crippen molar-refractivity contribution in [3.05, 3.63) is 48.3 Å². The van der Waals surface area contributed by atoms with E-state index in [1.807, 2.05) is 23.1 Å². The van der Waals surface area contributed by atoms with Crippen molar-refractivity contribution in [2.45, 2.75) is 38.3 Å². The predicted molar refractivity (Wildman–Crippen MR) is 80.6 cm³/mol. The van der Waals surface area contributed by atoms with Crippen LogP contribution in [-0.2, 0) is 6.54 Å². The van der Waals surface area contributed by atoms with Crippen LogP contribution in [0.2, 0.25) is 0 Å². The highest BCUT2D eigenvalue weighted by Gasteiger charge is 2.41.